The number of hydrogen-bond donors (Lipinski definition) is 0. The predicted molar refractivity (Wildman–Crippen MR) is 56.1 cm³/mol. The fourth-order valence-corrected chi connectivity index (χ4v) is 1.84. The van der Waals surface area contributed by atoms with Crippen molar-refractivity contribution in [1.29, 1.82) is 0 Å². The number of aryl methyl sites for hydroxylation is 1. The first kappa shape index (κ1) is 9.90. The van der Waals surface area contributed by atoms with E-state index in [4.69, 9.17) is 4.42 Å². The van der Waals surface area contributed by atoms with E-state index in [9.17, 15) is 9.59 Å². The van der Waals surface area contributed by atoms with Crippen molar-refractivity contribution in [2.75, 3.05) is 0 Å². The molecule has 15 heavy (non-hydrogen) atoms. The summed E-state index contributed by atoms with van der Waals surface area (Å²) in [6, 6.07) is 1.36. The van der Waals surface area contributed by atoms with Crippen LogP contribution in [0.1, 0.15) is 28.6 Å². The van der Waals surface area contributed by atoms with Crippen molar-refractivity contribution in [3.8, 4) is 0 Å². The Bertz CT molecular complexity index is 494. The Morgan fingerprint density at radius 2 is 2.13 bits per heavy atom. The minimum absolute atomic E-state index is 0.0735. The van der Waals surface area contributed by atoms with Crippen LogP contribution in [-0.4, -0.2) is 5.78 Å². The van der Waals surface area contributed by atoms with E-state index in [1.165, 1.54) is 6.07 Å². The molecular weight excluding hydrogens is 192 g/mol. The molecule has 0 spiro atoms. The second-order valence-corrected chi connectivity index (χ2v) is 3.95. The van der Waals surface area contributed by atoms with Gasteiger partial charge in [0, 0.05) is 12.5 Å². The van der Waals surface area contributed by atoms with Gasteiger partial charge in [0.05, 0.1) is 5.56 Å². The van der Waals surface area contributed by atoms with Crippen molar-refractivity contribution in [3.05, 3.63) is 45.5 Å². The zero-order valence-corrected chi connectivity index (χ0v) is 8.74. The molecule has 3 heteroatoms. The zero-order valence-electron chi connectivity index (χ0n) is 8.74. The van der Waals surface area contributed by atoms with E-state index in [1.54, 1.807) is 13.0 Å². The molecule has 0 saturated heterocycles. The Hall–Kier alpha value is -1.64. The van der Waals surface area contributed by atoms with Gasteiger partial charge in [0.2, 0.25) is 0 Å². The maximum absolute atomic E-state index is 11.7. The summed E-state index contributed by atoms with van der Waals surface area (Å²) in [5.41, 5.74) is 0.869. The van der Waals surface area contributed by atoms with Crippen LogP contribution in [0.5, 0.6) is 0 Å². The van der Waals surface area contributed by atoms with Gasteiger partial charge in [0.1, 0.15) is 5.76 Å². The molecule has 1 aromatic heterocycles. The lowest BCUT2D eigenvalue weighted by Crippen LogP contribution is -2.10. The van der Waals surface area contributed by atoms with Crippen LogP contribution in [0.3, 0.4) is 0 Å². The third-order valence-corrected chi connectivity index (χ3v) is 2.56. The van der Waals surface area contributed by atoms with Gasteiger partial charge in [-0.1, -0.05) is 13.0 Å². The summed E-state index contributed by atoms with van der Waals surface area (Å²) < 4.78 is 5.08. The van der Waals surface area contributed by atoms with E-state index in [1.807, 2.05) is 13.0 Å². The molecule has 1 heterocycles. The topological polar surface area (TPSA) is 47.3 Å². The lowest BCUT2D eigenvalue weighted by Gasteiger charge is -2.06. The largest absolute Gasteiger partial charge is 0.427 e. The quantitative estimate of drug-likeness (QED) is 0.648. The lowest BCUT2D eigenvalue weighted by atomic mass is 10.0. The van der Waals surface area contributed by atoms with Crippen LogP contribution < -0.4 is 5.63 Å². The standard InChI is InChI=1S/C12H12O3/c1-7-3-4-9(13)12-8(2)6-11(14)15-10(12)5-7/h3-4,6-7H,5H2,1-2H3. The van der Waals surface area contributed by atoms with E-state index in [0.717, 1.165) is 0 Å². The van der Waals surface area contributed by atoms with Gasteiger partial charge >= 0.3 is 5.63 Å². The Kier molecular flexibility index (Phi) is 2.31. The molecule has 1 atom stereocenters. The number of carbonyl (C=O) groups is 1. The van der Waals surface area contributed by atoms with Crippen molar-refractivity contribution in [2.24, 2.45) is 5.92 Å². The van der Waals surface area contributed by atoms with Crippen LogP contribution in [0.2, 0.25) is 0 Å². The summed E-state index contributed by atoms with van der Waals surface area (Å²) in [6.45, 7) is 3.75. The molecule has 1 aromatic rings. The lowest BCUT2D eigenvalue weighted by molar-refractivity contribution is 0.104. The van der Waals surface area contributed by atoms with Gasteiger partial charge < -0.3 is 4.42 Å². The minimum atomic E-state index is -0.381. The molecule has 0 aliphatic heterocycles. The number of rotatable bonds is 0. The van der Waals surface area contributed by atoms with Gasteiger partial charge in [-0.05, 0) is 24.5 Å². The number of fused-ring (bicyclic) bond motifs is 1. The molecule has 2 rings (SSSR count). The first-order valence-corrected chi connectivity index (χ1v) is 4.94. The van der Waals surface area contributed by atoms with Crippen molar-refractivity contribution in [2.45, 2.75) is 20.3 Å². The van der Waals surface area contributed by atoms with E-state index in [-0.39, 0.29) is 17.3 Å². The maximum atomic E-state index is 11.7. The molecule has 0 bridgehead atoms. The molecule has 1 aliphatic rings. The normalized spacial score (nSPS) is 19.9. The van der Waals surface area contributed by atoms with Crippen LogP contribution in [0, 0.1) is 12.8 Å². The van der Waals surface area contributed by atoms with E-state index in [2.05, 4.69) is 0 Å². The predicted octanol–water partition coefficient (Wildman–Crippen LogP) is 1.88. The minimum Gasteiger partial charge on any atom is -0.427 e. The molecule has 0 amide bonds. The highest BCUT2D eigenvalue weighted by Crippen LogP contribution is 2.21. The number of allylic oxidation sites excluding steroid dienone is 2. The highest BCUT2D eigenvalue weighted by molar-refractivity contribution is 6.06. The molecular formula is C12H12O3. The maximum Gasteiger partial charge on any atom is 0.336 e. The first-order valence-electron chi connectivity index (χ1n) is 4.94. The van der Waals surface area contributed by atoms with Crippen LogP contribution in [0.15, 0.2) is 27.4 Å². The first-order chi connectivity index (χ1) is 7.08. The summed E-state index contributed by atoms with van der Waals surface area (Å²) in [4.78, 5) is 22.9. The third kappa shape index (κ3) is 1.77. The van der Waals surface area contributed by atoms with Gasteiger partial charge in [-0.25, -0.2) is 4.79 Å². The fourth-order valence-electron chi connectivity index (χ4n) is 1.84. The summed E-state index contributed by atoms with van der Waals surface area (Å²) in [5.74, 6) is 0.665. The Labute approximate surface area is 87.4 Å². The molecule has 78 valence electrons. The molecule has 1 aliphatic carbocycles. The van der Waals surface area contributed by atoms with Gasteiger partial charge in [-0.2, -0.15) is 0 Å². The van der Waals surface area contributed by atoms with E-state index >= 15 is 0 Å². The van der Waals surface area contributed by atoms with Gasteiger partial charge in [0.15, 0.2) is 5.78 Å². The van der Waals surface area contributed by atoms with Crippen molar-refractivity contribution in [3.63, 3.8) is 0 Å². The van der Waals surface area contributed by atoms with Crippen molar-refractivity contribution >= 4 is 5.78 Å². The van der Waals surface area contributed by atoms with Gasteiger partial charge in [0.25, 0.3) is 0 Å². The van der Waals surface area contributed by atoms with Crippen LogP contribution in [0.25, 0.3) is 0 Å². The molecule has 0 radical (unpaired) electrons. The Balaban J connectivity index is 2.68. The number of carbonyl (C=O) groups excluding carboxylic acids is 1. The Morgan fingerprint density at radius 3 is 2.87 bits per heavy atom. The molecule has 0 N–H and O–H groups in total. The molecule has 1 unspecified atom stereocenters. The molecule has 0 fully saturated rings. The average molecular weight is 204 g/mol. The summed E-state index contributed by atoms with van der Waals surface area (Å²) >= 11 is 0. The molecule has 0 saturated carbocycles. The smallest absolute Gasteiger partial charge is 0.336 e. The average Bonchev–Trinajstić information content (AvgIpc) is 2.25. The SMILES string of the molecule is Cc1cc(=O)oc2c1C(=O)C=CC(C)C2. The van der Waals surface area contributed by atoms with Crippen molar-refractivity contribution < 1.29 is 9.21 Å². The molecule has 0 aromatic carbocycles. The second-order valence-electron chi connectivity index (χ2n) is 3.95. The van der Waals surface area contributed by atoms with E-state index in [0.29, 0.717) is 23.3 Å². The number of ketones is 1. The van der Waals surface area contributed by atoms with Crippen molar-refractivity contribution in [1.82, 2.24) is 0 Å². The van der Waals surface area contributed by atoms with Crippen LogP contribution >= 0.6 is 0 Å². The highest BCUT2D eigenvalue weighted by Gasteiger charge is 2.20. The molecule has 3 nitrogen and oxygen atoms in total. The summed E-state index contributed by atoms with van der Waals surface area (Å²) in [7, 11) is 0. The van der Waals surface area contributed by atoms with Crippen LogP contribution in [-0.2, 0) is 6.42 Å². The van der Waals surface area contributed by atoms with Gasteiger partial charge in [-0.15, -0.1) is 0 Å². The summed E-state index contributed by atoms with van der Waals surface area (Å²) in [6.07, 6.45) is 4.01. The number of hydrogen-bond acceptors (Lipinski definition) is 3. The Morgan fingerprint density at radius 1 is 1.40 bits per heavy atom. The summed E-state index contributed by atoms with van der Waals surface area (Å²) in [5, 5.41) is 0. The van der Waals surface area contributed by atoms with E-state index < -0.39 is 0 Å². The second kappa shape index (κ2) is 3.50. The van der Waals surface area contributed by atoms with Crippen LogP contribution in [0.4, 0.5) is 0 Å². The zero-order chi connectivity index (χ0) is 11.0. The third-order valence-electron chi connectivity index (χ3n) is 2.56. The van der Waals surface area contributed by atoms with Gasteiger partial charge in [-0.3, -0.25) is 4.79 Å². The fraction of sp³-hybridized carbons (Fsp3) is 0.333. The highest BCUT2D eigenvalue weighted by atomic mass is 16.4. The monoisotopic (exact) mass is 204 g/mol.